The van der Waals surface area contributed by atoms with E-state index in [1.807, 2.05) is 36.6 Å². The number of ether oxygens (including phenoxy) is 2. The summed E-state index contributed by atoms with van der Waals surface area (Å²) < 4.78 is 69.6. The van der Waals surface area contributed by atoms with E-state index in [2.05, 4.69) is 23.9 Å². The number of nitrogens with zero attached hydrogens (tertiary/aromatic N) is 4. The van der Waals surface area contributed by atoms with E-state index < -0.39 is 80.9 Å². The SMILES string of the molecule is COc1ccc2c(O[C@@H]3C[C@H]4C(=O)N[C@]5(C(=O)NS(=O)(=O)C6CC6)CC5C=CCCCCC[C@H](CC(=O)N5CCCC(F)(F)C5)C(=O)N4C3)cc(-c3csc(C(C)C)n3)nc2c1C. The molecule has 5 atom stereocenters. The summed E-state index contributed by atoms with van der Waals surface area (Å²) in [7, 11) is -2.37. The molecule has 14 nitrogen and oxygen atoms in total. The van der Waals surface area contributed by atoms with Crippen molar-refractivity contribution in [2.45, 2.75) is 133 Å². The van der Waals surface area contributed by atoms with Gasteiger partial charge in [0.1, 0.15) is 29.2 Å². The molecule has 0 bridgehead atoms. The molecule has 1 aromatic carbocycles. The van der Waals surface area contributed by atoms with Crippen LogP contribution in [-0.4, -0.2) is 107 Å². The van der Waals surface area contributed by atoms with Crippen molar-refractivity contribution in [3.8, 4) is 22.9 Å². The number of carbonyl (C=O) groups excluding carboxylic acids is 4. The van der Waals surface area contributed by atoms with E-state index in [-0.39, 0.29) is 51.1 Å². The number of nitrogens with one attached hydrogen (secondary N) is 2. The lowest BCUT2D eigenvalue weighted by atomic mass is 9.94. The van der Waals surface area contributed by atoms with Gasteiger partial charge in [-0.1, -0.05) is 38.8 Å². The molecule has 3 aromatic rings. The molecule has 2 saturated carbocycles. The number of hydrogen-bond donors (Lipinski definition) is 2. The Morgan fingerprint density at radius 1 is 1.06 bits per heavy atom. The van der Waals surface area contributed by atoms with Crippen LogP contribution in [0.4, 0.5) is 8.78 Å². The highest BCUT2D eigenvalue weighted by Gasteiger charge is 2.62. The van der Waals surface area contributed by atoms with Crippen LogP contribution < -0.4 is 19.5 Å². The molecule has 63 heavy (non-hydrogen) atoms. The van der Waals surface area contributed by atoms with Gasteiger partial charge in [-0.15, -0.1) is 11.3 Å². The molecule has 1 unspecified atom stereocenters. The number of carbonyl (C=O) groups is 4. The molecule has 5 aliphatic rings. The zero-order valence-corrected chi connectivity index (χ0v) is 37.8. The third-order valence-electron chi connectivity index (χ3n) is 13.1. The predicted molar refractivity (Wildman–Crippen MR) is 233 cm³/mol. The summed E-state index contributed by atoms with van der Waals surface area (Å²) in [6.45, 7) is 5.41. The van der Waals surface area contributed by atoms with Crippen LogP contribution in [0.25, 0.3) is 22.3 Å². The van der Waals surface area contributed by atoms with Crippen molar-refractivity contribution in [2.24, 2.45) is 11.8 Å². The van der Waals surface area contributed by atoms with Gasteiger partial charge in [0.2, 0.25) is 27.7 Å². The number of fused-ring (bicyclic) bond motifs is 3. The van der Waals surface area contributed by atoms with Gasteiger partial charge in [-0.3, -0.25) is 23.9 Å². The summed E-state index contributed by atoms with van der Waals surface area (Å²) >= 11 is 1.53. The van der Waals surface area contributed by atoms with E-state index in [0.29, 0.717) is 72.3 Å². The smallest absolute Gasteiger partial charge is 0.265 e. The van der Waals surface area contributed by atoms with Crippen LogP contribution in [0.3, 0.4) is 0 Å². The summed E-state index contributed by atoms with van der Waals surface area (Å²) in [6.07, 6.45) is 6.59. The summed E-state index contributed by atoms with van der Waals surface area (Å²) in [5, 5.41) is 5.77. The zero-order chi connectivity index (χ0) is 44.8. The Bertz CT molecular complexity index is 2420. The Labute approximate surface area is 370 Å². The normalized spacial score (nSPS) is 26.7. The van der Waals surface area contributed by atoms with E-state index >= 15 is 0 Å². The molecule has 2 saturated heterocycles. The average molecular weight is 911 g/mol. The van der Waals surface area contributed by atoms with Gasteiger partial charge in [-0.2, -0.15) is 0 Å². The molecule has 4 amide bonds. The average Bonchev–Trinajstić information content (AvgIpc) is 4.11. The number of alkyl halides is 2. The maximum Gasteiger partial charge on any atom is 0.265 e. The van der Waals surface area contributed by atoms with E-state index in [4.69, 9.17) is 19.4 Å². The minimum atomic E-state index is -3.95. The fourth-order valence-electron chi connectivity index (χ4n) is 9.18. The maximum absolute atomic E-state index is 14.9. The lowest BCUT2D eigenvalue weighted by molar-refractivity contribution is -0.148. The first-order valence-corrected chi connectivity index (χ1v) is 24.5. The number of piperidine rings is 1. The first kappa shape index (κ1) is 44.9. The minimum absolute atomic E-state index is 0.00233. The van der Waals surface area contributed by atoms with Crippen molar-refractivity contribution in [1.29, 1.82) is 0 Å². The first-order chi connectivity index (χ1) is 30.0. The summed E-state index contributed by atoms with van der Waals surface area (Å²) in [6, 6.07) is 4.27. The highest BCUT2D eigenvalue weighted by Crippen LogP contribution is 2.46. The number of amides is 4. The fraction of sp³-hybridized carbons (Fsp3) is 0.600. The van der Waals surface area contributed by atoms with E-state index in [1.54, 1.807) is 13.2 Å². The molecule has 0 spiro atoms. The number of benzene rings is 1. The van der Waals surface area contributed by atoms with Crippen LogP contribution in [0, 0.1) is 18.8 Å². The van der Waals surface area contributed by atoms with Crippen LogP contribution in [0.5, 0.6) is 11.5 Å². The Balaban J connectivity index is 1.14. The molecule has 8 rings (SSSR count). The molecule has 5 heterocycles. The van der Waals surface area contributed by atoms with Gasteiger partial charge in [0.15, 0.2) is 0 Å². The third-order valence-corrected chi connectivity index (χ3v) is 16.0. The monoisotopic (exact) mass is 910 g/mol. The number of aromatic nitrogens is 2. The molecule has 2 aliphatic carbocycles. The fourth-order valence-corrected chi connectivity index (χ4v) is 11.4. The van der Waals surface area contributed by atoms with Crippen molar-refractivity contribution in [2.75, 3.05) is 26.7 Å². The molecule has 18 heteroatoms. The third kappa shape index (κ3) is 9.57. The number of methoxy groups -OCH3 is 1. The lowest BCUT2D eigenvalue weighted by Gasteiger charge is -2.34. The van der Waals surface area contributed by atoms with Crippen molar-refractivity contribution in [3.63, 3.8) is 0 Å². The number of pyridine rings is 1. The second kappa shape index (κ2) is 17.7. The molecule has 3 aliphatic heterocycles. The van der Waals surface area contributed by atoms with Crippen molar-refractivity contribution >= 4 is 55.9 Å². The number of allylic oxidation sites excluding steroid dienone is 1. The molecule has 0 radical (unpaired) electrons. The molecule has 2 N–H and O–H groups in total. The second-order valence-electron chi connectivity index (χ2n) is 18.2. The zero-order valence-electron chi connectivity index (χ0n) is 36.2. The maximum atomic E-state index is 14.9. The van der Waals surface area contributed by atoms with Gasteiger partial charge < -0.3 is 24.6 Å². The largest absolute Gasteiger partial charge is 0.496 e. The standard InChI is InChI=1S/C45H56F2N6O8S2/c1-26(2)41-49-34(24-62-41)33-21-37(32-15-16-36(60-4)27(3)39(32)48-33)61-30-20-35-40(55)50-45(43(57)51-63(58,59)31-13-14-31)22-29(45)12-9-7-5-6-8-11-28(42(56)53(35)23-30)19-38(54)52-18-10-17-44(46,47)25-52/h9,12,15-16,21,24,26,28-31,35H,5-8,10-11,13-14,17-20,22-23,25H2,1-4H3,(H,50,55)(H,51,57)/t28-,29?,30-,35+,45-/m1/s1. The number of halogens is 2. The van der Waals surface area contributed by atoms with Crippen molar-refractivity contribution in [3.05, 3.63) is 46.3 Å². The van der Waals surface area contributed by atoms with Crippen LogP contribution in [0.2, 0.25) is 0 Å². The lowest BCUT2D eigenvalue weighted by Crippen LogP contribution is -2.57. The van der Waals surface area contributed by atoms with Gasteiger partial charge in [0, 0.05) is 66.0 Å². The van der Waals surface area contributed by atoms with Gasteiger partial charge in [0.25, 0.3) is 11.8 Å². The first-order valence-electron chi connectivity index (χ1n) is 22.1. The minimum Gasteiger partial charge on any atom is -0.496 e. The number of likely N-dealkylation sites (tertiary alicyclic amines) is 1. The van der Waals surface area contributed by atoms with Gasteiger partial charge in [-0.05, 0) is 64.0 Å². The molecular formula is C45H56F2N6O8S2. The van der Waals surface area contributed by atoms with Crippen LogP contribution in [0.1, 0.15) is 107 Å². The highest BCUT2D eigenvalue weighted by molar-refractivity contribution is 7.91. The molecule has 340 valence electrons. The number of rotatable bonds is 10. The quantitative estimate of drug-likeness (QED) is 0.216. The number of thiazole rings is 1. The van der Waals surface area contributed by atoms with Gasteiger partial charge in [0.05, 0.1) is 47.4 Å². The number of sulfonamides is 1. The Kier molecular flexibility index (Phi) is 12.6. The van der Waals surface area contributed by atoms with Crippen molar-refractivity contribution < 1.29 is 45.9 Å². The highest BCUT2D eigenvalue weighted by atomic mass is 32.2. The summed E-state index contributed by atoms with van der Waals surface area (Å²) in [5.41, 5.74) is 1.04. The van der Waals surface area contributed by atoms with Gasteiger partial charge >= 0.3 is 0 Å². The molecular weight excluding hydrogens is 855 g/mol. The number of aryl methyl sites for hydroxylation is 1. The van der Waals surface area contributed by atoms with Gasteiger partial charge in [-0.25, -0.2) is 27.2 Å². The van der Waals surface area contributed by atoms with Crippen LogP contribution in [0.15, 0.2) is 35.7 Å². The molecule has 2 aromatic heterocycles. The number of hydrogen-bond acceptors (Lipinski definition) is 11. The van der Waals surface area contributed by atoms with E-state index in [1.165, 1.54) is 16.2 Å². The van der Waals surface area contributed by atoms with Crippen molar-refractivity contribution in [1.82, 2.24) is 29.8 Å². The van der Waals surface area contributed by atoms with E-state index in [0.717, 1.165) is 21.9 Å². The van der Waals surface area contributed by atoms with Crippen LogP contribution in [-0.2, 0) is 29.2 Å². The Hall–Kier alpha value is -4.71. The summed E-state index contributed by atoms with van der Waals surface area (Å²) in [5.74, 6) is -5.67. The van der Waals surface area contributed by atoms with Crippen LogP contribution >= 0.6 is 11.3 Å². The second-order valence-corrected chi connectivity index (χ2v) is 21.0. The molecule has 4 fully saturated rings. The van der Waals surface area contributed by atoms with E-state index in [9.17, 15) is 36.4 Å². The Morgan fingerprint density at radius 2 is 1.86 bits per heavy atom. The summed E-state index contributed by atoms with van der Waals surface area (Å²) in [4.78, 5) is 69.6. The topological polar surface area (TPSA) is 177 Å². The predicted octanol–water partition coefficient (Wildman–Crippen LogP) is 6.41. The Morgan fingerprint density at radius 3 is 2.57 bits per heavy atom.